The molecule has 4 nitrogen and oxygen atoms in total. The van der Waals surface area contributed by atoms with Crippen molar-refractivity contribution < 1.29 is 9.53 Å². The van der Waals surface area contributed by atoms with Gasteiger partial charge in [-0.2, -0.15) is 0 Å². The molecule has 0 aliphatic carbocycles. The number of carbonyl (C=O) groups excluding carboxylic acids is 1. The summed E-state index contributed by atoms with van der Waals surface area (Å²) >= 11 is 0. The van der Waals surface area contributed by atoms with Crippen molar-refractivity contribution in [3.8, 4) is 0 Å². The van der Waals surface area contributed by atoms with Crippen molar-refractivity contribution >= 4 is 5.91 Å². The van der Waals surface area contributed by atoms with Crippen LogP contribution in [-0.2, 0) is 9.53 Å². The van der Waals surface area contributed by atoms with Gasteiger partial charge in [0.25, 0.3) is 0 Å². The Morgan fingerprint density at radius 1 is 1.44 bits per heavy atom. The van der Waals surface area contributed by atoms with Gasteiger partial charge in [0.05, 0.1) is 19.1 Å². The number of hydrogen-bond acceptors (Lipinski definition) is 3. The van der Waals surface area contributed by atoms with Crippen LogP contribution in [0.3, 0.4) is 0 Å². The van der Waals surface area contributed by atoms with Crippen LogP contribution in [0.2, 0.25) is 0 Å². The second-order valence-corrected chi connectivity index (χ2v) is 4.53. The molecule has 2 atom stereocenters. The molecule has 0 aromatic rings. The smallest absolute Gasteiger partial charge is 0.229 e. The first kappa shape index (κ1) is 13.5. The lowest BCUT2D eigenvalue weighted by Crippen LogP contribution is -2.47. The minimum atomic E-state index is -0.0118. The van der Waals surface area contributed by atoms with Crippen LogP contribution in [0.4, 0.5) is 0 Å². The van der Waals surface area contributed by atoms with E-state index in [0.29, 0.717) is 13.2 Å². The normalized spacial score (nSPS) is 25.1. The van der Waals surface area contributed by atoms with E-state index in [2.05, 4.69) is 26.1 Å². The van der Waals surface area contributed by atoms with Gasteiger partial charge in [0.2, 0.25) is 5.91 Å². The summed E-state index contributed by atoms with van der Waals surface area (Å²) in [5.74, 6) is 0.211. The highest BCUT2D eigenvalue weighted by atomic mass is 16.5. The molecule has 1 aliphatic rings. The molecule has 1 fully saturated rings. The summed E-state index contributed by atoms with van der Waals surface area (Å²) in [5.41, 5.74) is 0. The SMILES string of the molecule is CCNC1COCC1C(=O)N(CC)C(C)C. The first-order valence-corrected chi connectivity index (χ1v) is 6.23. The number of nitrogens with zero attached hydrogens (tertiary/aromatic N) is 1. The number of rotatable bonds is 5. The highest BCUT2D eigenvalue weighted by Gasteiger charge is 2.36. The molecule has 4 heteroatoms. The quantitative estimate of drug-likeness (QED) is 0.759. The van der Waals surface area contributed by atoms with Crippen LogP contribution in [0.1, 0.15) is 27.7 Å². The number of likely N-dealkylation sites (N-methyl/N-ethyl adjacent to an activating group) is 1. The second kappa shape index (κ2) is 6.21. The predicted octanol–water partition coefficient (Wildman–Crippen LogP) is 0.868. The fraction of sp³-hybridized carbons (Fsp3) is 0.917. The Balaban J connectivity index is 2.64. The molecule has 1 saturated heterocycles. The van der Waals surface area contributed by atoms with Gasteiger partial charge in [-0.15, -0.1) is 0 Å². The zero-order valence-corrected chi connectivity index (χ0v) is 10.8. The van der Waals surface area contributed by atoms with Crippen LogP contribution in [0.25, 0.3) is 0 Å². The van der Waals surface area contributed by atoms with Gasteiger partial charge in [-0.05, 0) is 27.3 Å². The molecule has 0 spiro atoms. The maximum Gasteiger partial charge on any atom is 0.229 e. The molecule has 94 valence electrons. The van der Waals surface area contributed by atoms with Crippen molar-refractivity contribution in [3.05, 3.63) is 0 Å². The van der Waals surface area contributed by atoms with Gasteiger partial charge in [0, 0.05) is 18.6 Å². The number of ether oxygens (including phenoxy) is 1. The maximum absolute atomic E-state index is 12.3. The lowest BCUT2D eigenvalue weighted by Gasteiger charge is -2.29. The van der Waals surface area contributed by atoms with Crippen LogP contribution >= 0.6 is 0 Å². The molecule has 1 heterocycles. The van der Waals surface area contributed by atoms with E-state index in [1.165, 1.54) is 0 Å². The average molecular weight is 228 g/mol. The Morgan fingerprint density at radius 2 is 2.12 bits per heavy atom. The third-order valence-corrected chi connectivity index (χ3v) is 3.11. The van der Waals surface area contributed by atoms with Crippen LogP contribution in [0, 0.1) is 5.92 Å². The topological polar surface area (TPSA) is 41.6 Å². The summed E-state index contributed by atoms with van der Waals surface area (Å²) in [7, 11) is 0. The van der Waals surface area contributed by atoms with Gasteiger partial charge in [0.1, 0.15) is 0 Å². The van der Waals surface area contributed by atoms with Crippen LogP contribution < -0.4 is 5.32 Å². The van der Waals surface area contributed by atoms with Crippen molar-refractivity contribution in [2.75, 3.05) is 26.3 Å². The molecular weight excluding hydrogens is 204 g/mol. The zero-order valence-electron chi connectivity index (χ0n) is 10.8. The Hall–Kier alpha value is -0.610. The van der Waals surface area contributed by atoms with Crippen LogP contribution in [0.15, 0.2) is 0 Å². The van der Waals surface area contributed by atoms with Gasteiger partial charge in [0.15, 0.2) is 0 Å². The molecule has 0 radical (unpaired) electrons. The van der Waals surface area contributed by atoms with E-state index in [9.17, 15) is 4.79 Å². The summed E-state index contributed by atoms with van der Waals surface area (Å²) in [6, 6.07) is 0.450. The third kappa shape index (κ3) is 2.95. The van der Waals surface area contributed by atoms with E-state index >= 15 is 0 Å². The van der Waals surface area contributed by atoms with Crippen molar-refractivity contribution in [2.24, 2.45) is 5.92 Å². The lowest BCUT2D eigenvalue weighted by atomic mass is 10.0. The highest BCUT2D eigenvalue weighted by molar-refractivity contribution is 5.80. The van der Waals surface area contributed by atoms with Crippen molar-refractivity contribution in [1.29, 1.82) is 0 Å². The standard InChI is InChI=1S/C12H24N2O2/c1-5-13-11-8-16-7-10(11)12(15)14(6-2)9(3)4/h9-11,13H,5-8H2,1-4H3. The molecule has 0 aromatic carbocycles. The lowest BCUT2D eigenvalue weighted by molar-refractivity contribution is -0.137. The zero-order chi connectivity index (χ0) is 12.1. The molecule has 16 heavy (non-hydrogen) atoms. The van der Waals surface area contributed by atoms with Gasteiger partial charge in [-0.1, -0.05) is 6.92 Å². The Morgan fingerprint density at radius 3 is 2.62 bits per heavy atom. The maximum atomic E-state index is 12.3. The molecule has 2 unspecified atom stereocenters. The van der Waals surface area contributed by atoms with Crippen molar-refractivity contribution in [2.45, 2.75) is 39.8 Å². The summed E-state index contributed by atoms with van der Waals surface area (Å²) in [6.45, 7) is 11.0. The second-order valence-electron chi connectivity index (χ2n) is 4.53. The van der Waals surface area contributed by atoms with Gasteiger partial charge in [-0.3, -0.25) is 4.79 Å². The Bertz CT molecular complexity index is 231. The molecular formula is C12H24N2O2. The van der Waals surface area contributed by atoms with Gasteiger partial charge < -0.3 is 15.0 Å². The largest absolute Gasteiger partial charge is 0.379 e. The Labute approximate surface area is 98.3 Å². The number of hydrogen-bond donors (Lipinski definition) is 1. The molecule has 0 aromatic heterocycles. The minimum absolute atomic E-state index is 0.0118. The fourth-order valence-corrected chi connectivity index (χ4v) is 2.25. The molecule has 1 amide bonds. The van der Waals surface area contributed by atoms with E-state index in [0.717, 1.165) is 13.1 Å². The van der Waals surface area contributed by atoms with E-state index in [-0.39, 0.29) is 23.9 Å². The van der Waals surface area contributed by atoms with E-state index in [1.54, 1.807) is 0 Å². The molecule has 0 bridgehead atoms. The average Bonchev–Trinajstić information content (AvgIpc) is 2.66. The number of carbonyl (C=O) groups is 1. The summed E-state index contributed by atoms with van der Waals surface area (Å²) in [4.78, 5) is 14.2. The summed E-state index contributed by atoms with van der Waals surface area (Å²) < 4.78 is 5.41. The van der Waals surface area contributed by atoms with E-state index in [4.69, 9.17) is 4.74 Å². The van der Waals surface area contributed by atoms with E-state index < -0.39 is 0 Å². The number of nitrogens with one attached hydrogen (secondary N) is 1. The minimum Gasteiger partial charge on any atom is -0.379 e. The Kier molecular flexibility index (Phi) is 5.22. The molecule has 0 saturated carbocycles. The van der Waals surface area contributed by atoms with Crippen molar-refractivity contribution in [1.82, 2.24) is 10.2 Å². The molecule has 1 aliphatic heterocycles. The van der Waals surface area contributed by atoms with Crippen LogP contribution in [0.5, 0.6) is 0 Å². The fourth-order valence-electron chi connectivity index (χ4n) is 2.25. The van der Waals surface area contributed by atoms with Crippen molar-refractivity contribution in [3.63, 3.8) is 0 Å². The molecule has 1 rings (SSSR count). The predicted molar refractivity (Wildman–Crippen MR) is 64.3 cm³/mol. The van der Waals surface area contributed by atoms with Crippen LogP contribution in [-0.4, -0.2) is 49.2 Å². The number of amides is 1. The first-order valence-electron chi connectivity index (χ1n) is 6.23. The van der Waals surface area contributed by atoms with Gasteiger partial charge in [-0.25, -0.2) is 0 Å². The van der Waals surface area contributed by atoms with E-state index in [1.807, 2.05) is 11.8 Å². The molecule has 1 N–H and O–H groups in total. The third-order valence-electron chi connectivity index (χ3n) is 3.11. The van der Waals surface area contributed by atoms with Gasteiger partial charge >= 0.3 is 0 Å². The monoisotopic (exact) mass is 228 g/mol. The highest BCUT2D eigenvalue weighted by Crippen LogP contribution is 2.18. The summed E-state index contributed by atoms with van der Waals surface area (Å²) in [5, 5.41) is 3.32. The first-order chi connectivity index (χ1) is 7.61. The summed E-state index contributed by atoms with van der Waals surface area (Å²) in [6.07, 6.45) is 0.